The molecule has 5 nitrogen and oxygen atoms in total. The zero-order valence-electron chi connectivity index (χ0n) is 20.3. The fourth-order valence-corrected chi connectivity index (χ4v) is 8.35. The molecule has 6 rings (SSSR count). The third-order valence-electron chi connectivity index (χ3n) is 7.85. The number of carbonyl (C=O) groups excluding carboxylic acids is 2. The smallest absolute Gasteiger partial charge is 0.264 e. The van der Waals surface area contributed by atoms with Crippen molar-refractivity contribution in [3.05, 3.63) is 81.2 Å². The Morgan fingerprint density at radius 2 is 1.89 bits per heavy atom. The number of nitrogens with two attached hydrogens (primary N) is 1. The topological polar surface area (TPSA) is 72.6 Å². The van der Waals surface area contributed by atoms with E-state index in [0.29, 0.717) is 32.7 Å². The molecule has 1 fully saturated rings. The number of fused-ring (bicyclic) bond motifs is 3. The van der Waals surface area contributed by atoms with Gasteiger partial charge in [-0.1, -0.05) is 42.5 Å². The van der Waals surface area contributed by atoms with E-state index in [1.807, 2.05) is 35.2 Å². The molecule has 36 heavy (non-hydrogen) atoms. The Hall–Kier alpha value is -2.61. The molecule has 2 aliphatic heterocycles. The molecule has 2 N–H and O–H groups in total. The van der Waals surface area contributed by atoms with Gasteiger partial charge in [0.05, 0.1) is 15.7 Å². The minimum atomic E-state index is -0.0428. The maximum absolute atomic E-state index is 13.8. The van der Waals surface area contributed by atoms with E-state index < -0.39 is 0 Å². The van der Waals surface area contributed by atoms with Gasteiger partial charge in [0.25, 0.3) is 5.91 Å². The van der Waals surface area contributed by atoms with Crippen LogP contribution in [-0.4, -0.2) is 36.3 Å². The summed E-state index contributed by atoms with van der Waals surface area (Å²) in [5.74, 6) is 2.03. The third-order valence-corrected chi connectivity index (χ3v) is 10.4. The van der Waals surface area contributed by atoms with Gasteiger partial charge in [-0.15, -0.1) is 23.1 Å². The second kappa shape index (κ2) is 9.69. The van der Waals surface area contributed by atoms with Crippen LogP contribution < -0.4 is 10.5 Å². The van der Waals surface area contributed by atoms with Crippen LogP contribution in [0.3, 0.4) is 0 Å². The number of ketones is 1. The largest absolute Gasteiger partial charge is 0.492 e. The van der Waals surface area contributed by atoms with Crippen molar-refractivity contribution in [2.45, 2.75) is 54.0 Å². The number of ether oxygens (including phenoxy) is 1. The molecule has 2 aromatic carbocycles. The molecular weight excluding hydrogens is 488 g/mol. The Kier molecular flexibility index (Phi) is 6.40. The van der Waals surface area contributed by atoms with E-state index in [2.05, 4.69) is 18.2 Å². The van der Waals surface area contributed by atoms with E-state index in [9.17, 15) is 9.59 Å². The van der Waals surface area contributed by atoms with E-state index in [1.165, 1.54) is 22.5 Å². The van der Waals surface area contributed by atoms with Crippen LogP contribution in [0.4, 0.5) is 0 Å². The molecule has 3 aromatic rings. The van der Waals surface area contributed by atoms with Crippen molar-refractivity contribution in [2.75, 3.05) is 19.7 Å². The number of benzene rings is 2. The van der Waals surface area contributed by atoms with Crippen molar-refractivity contribution in [2.24, 2.45) is 5.73 Å². The molecular formula is C29H30N2O3S2. The molecule has 0 unspecified atom stereocenters. The van der Waals surface area contributed by atoms with Crippen LogP contribution in [0.15, 0.2) is 52.7 Å². The first kappa shape index (κ1) is 23.8. The first-order valence-electron chi connectivity index (χ1n) is 12.7. The van der Waals surface area contributed by atoms with E-state index in [1.54, 1.807) is 11.8 Å². The second-order valence-electron chi connectivity index (χ2n) is 10.0. The van der Waals surface area contributed by atoms with Gasteiger partial charge in [-0.3, -0.25) is 9.59 Å². The number of hydrogen-bond acceptors (Lipinski definition) is 6. The molecule has 0 saturated carbocycles. The molecule has 0 atom stereocenters. The highest BCUT2D eigenvalue weighted by atomic mass is 32.2. The number of amides is 1. The molecule has 3 heterocycles. The van der Waals surface area contributed by atoms with Crippen LogP contribution in [0.5, 0.6) is 5.75 Å². The van der Waals surface area contributed by atoms with Crippen LogP contribution >= 0.6 is 23.1 Å². The fourth-order valence-electron chi connectivity index (χ4n) is 5.74. The summed E-state index contributed by atoms with van der Waals surface area (Å²) in [7, 11) is 0. The Morgan fingerprint density at radius 1 is 1.08 bits per heavy atom. The Bertz CT molecular complexity index is 1310. The van der Waals surface area contributed by atoms with Crippen LogP contribution in [0.25, 0.3) is 0 Å². The molecule has 186 valence electrons. The maximum Gasteiger partial charge on any atom is 0.264 e. The second-order valence-corrected chi connectivity index (χ2v) is 12.3. The summed E-state index contributed by atoms with van der Waals surface area (Å²) < 4.78 is 7.04. The fraction of sp³-hybridized carbons (Fsp3) is 0.379. The average Bonchev–Trinajstić information content (AvgIpc) is 3.47. The number of nitrogens with zero attached hydrogens (tertiary/aromatic N) is 1. The van der Waals surface area contributed by atoms with E-state index in [0.717, 1.165) is 63.0 Å². The summed E-state index contributed by atoms with van der Waals surface area (Å²) in [4.78, 5) is 29.5. The standard InChI is InChI=1S/C29H30N2O3S2/c30-16-20-9-10-24-22(15-20)29(18-34-24)11-13-31(14-12-29)27(33)26-21-7-4-8-23(32)25(21)28(36-26)35-17-19-5-2-1-3-6-19/h1-3,5-6,9-10,15H,4,7-8,11-14,16-18,30H2. The predicted molar refractivity (Wildman–Crippen MR) is 144 cm³/mol. The third kappa shape index (κ3) is 4.17. The minimum Gasteiger partial charge on any atom is -0.492 e. The first-order valence-corrected chi connectivity index (χ1v) is 14.5. The maximum atomic E-state index is 13.8. The molecule has 1 saturated heterocycles. The molecule has 0 radical (unpaired) electrons. The summed E-state index contributed by atoms with van der Waals surface area (Å²) in [6.07, 6.45) is 3.97. The van der Waals surface area contributed by atoms with Crippen molar-refractivity contribution in [3.8, 4) is 5.75 Å². The van der Waals surface area contributed by atoms with Crippen molar-refractivity contribution >= 4 is 34.8 Å². The number of rotatable bonds is 5. The lowest BCUT2D eigenvalue weighted by atomic mass is 9.74. The van der Waals surface area contributed by atoms with Gasteiger partial charge in [0, 0.05) is 48.3 Å². The summed E-state index contributed by atoms with van der Waals surface area (Å²) in [6.45, 7) is 2.57. The Balaban J connectivity index is 1.22. The molecule has 1 aliphatic carbocycles. The Morgan fingerprint density at radius 3 is 2.67 bits per heavy atom. The Labute approximate surface area is 220 Å². The van der Waals surface area contributed by atoms with Gasteiger partial charge in [0.1, 0.15) is 5.75 Å². The lowest BCUT2D eigenvalue weighted by molar-refractivity contribution is 0.0650. The van der Waals surface area contributed by atoms with Crippen molar-refractivity contribution in [3.63, 3.8) is 0 Å². The van der Waals surface area contributed by atoms with Gasteiger partial charge in [0.2, 0.25) is 0 Å². The number of thiophene rings is 1. The highest BCUT2D eigenvalue weighted by Crippen LogP contribution is 2.47. The average molecular weight is 519 g/mol. The monoisotopic (exact) mass is 518 g/mol. The molecule has 1 aromatic heterocycles. The van der Waals surface area contributed by atoms with Gasteiger partial charge in [-0.05, 0) is 48.4 Å². The predicted octanol–water partition coefficient (Wildman–Crippen LogP) is 5.58. The quantitative estimate of drug-likeness (QED) is 0.446. The van der Waals surface area contributed by atoms with Gasteiger partial charge in [-0.25, -0.2) is 0 Å². The number of hydrogen-bond donors (Lipinski definition) is 1. The lowest BCUT2D eigenvalue weighted by Crippen LogP contribution is -2.46. The van der Waals surface area contributed by atoms with Gasteiger partial charge in [-0.2, -0.15) is 0 Å². The summed E-state index contributed by atoms with van der Waals surface area (Å²) in [5.41, 5.74) is 11.2. The molecule has 7 heteroatoms. The van der Waals surface area contributed by atoms with Crippen molar-refractivity contribution in [1.29, 1.82) is 0 Å². The first-order chi connectivity index (χ1) is 17.6. The number of thioether (sulfide) groups is 1. The van der Waals surface area contributed by atoms with E-state index in [-0.39, 0.29) is 17.1 Å². The normalized spacial score (nSPS) is 18.1. The van der Waals surface area contributed by atoms with Crippen LogP contribution in [0, 0.1) is 0 Å². The van der Waals surface area contributed by atoms with Crippen molar-refractivity contribution < 1.29 is 14.3 Å². The molecule has 0 bridgehead atoms. The number of carbonyl (C=O) groups is 2. The van der Waals surface area contributed by atoms with Crippen molar-refractivity contribution in [1.82, 2.24) is 4.90 Å². The molecule has 3 aliphatic rings. The zero-order valence-corrected chi connectivity index (χ0v) is 21.9. The van der Waals surface area contributed by atoms with Gasteiger partial charge >= 0.3 is 0 Å². The lowest BCUT2D eigenvalue weighted by Gasteiger charge is -2.38. The van der Waals surface area contributed by atoms with Gasteiger partial charge in [0.15, 0.2) is 5.78 Å². The highest BCUT2D eigenvalue weighted by Gasteiger charge is 2.44. The minimum absolute atomic E-state index is 0.0428. The van der Waals surface area contributed by atoms with Gasteiger partial charge < -0.3 is 15.4 Å². The number of likely N-dealkylation sites (tertiary alicyclic amines) is 1. The van der Waals surface area contributed by atoms with Crippen LogP contribution in [0.2, 0.25) is 0 Å². The summed E-state index contributed by atoms with van der Waals surface area (Å²) >= 11 is 3.22. The number of Topliss-reactive ketones (excluding diaryl/α,β-unsaturated/α-hetero) is 1. The van der Waals surface area contributed by atoms with Crippen LogP contribution in [0.1, 0.15) is 68.0 Å². The summed E-state index contributed by atoms with van der Waals surface area (Å²) in [5, 5.41) is 0. The molecule has 1 spiro atoms. The number of piperidine rings is 1. The SMILES string of the molecule is NCc1ccc2c(c1)C1(CCN(C(=O)c3sc(SCc4ccccc4)c4c3CCCC4=O)CC1)CO2. The zero-order chi connectivity index (χ0) is 24.7. The highest BCUT2D eigenvalue weighted by molar-refractivity contribution is 8.00. The van der Waals surface area contributed by atoms with E-state index >= 15 is 0 Å². The van der Waals surface area contributed by atoms with Crippen LogP contribution in [-0.2, 0) is 24.1 Å². The summed E-state index contributed by atoms with van der Waals surface area (Å²) in [6, 6.07) is 16.5. The molecule has 1 amide bonds. The van der Waals surface area contributed by atoms with E-state index in [4.69, 9.17) is 10.5 Å².